The molecule has 0 unspecified atom stereocenters. The molecule has 1 N–H and O–H groups in total. The Kier molecular flexibility index (Phi) is 2.87. The Morgan fingerprint density at radius 1 is 1.53 bits per heavy atom. The molecular formula is C11H14N2O2. The van der Waals surface area contributed by atoms with Crippen molar-refractivity contribution in [1.29, 1.82) is 0 Å². The number of hydrogen-bond acceptors (Lipinski definition) is 2. The summed E-state index contributed by atoms with van der Waals surface area (Å²) in [6.45, 7) is 1.61. The average Bonchev–Trinajstić information content (AvgIpc) is 2.62. The topological polar surface area (TPSA) is 47.0 Å². The second-order valence-electron chi connectivity index (χ2n) is 3.49. The van der Waals surface area contributed by atoms with Crippen molar-refractivity contribution in [2.24, 2.45) is 0 Å². The van der Waals surface area contributed by atoms with E-state index in [0.717, 1.165) is 30.5 Å². The van der Waals surface area contributed by atoms with E-state index < -0.39 is 0 Å². The Hall–Kier alpha value is -1.55. The molecule has 4 nitrogen and oxygen atoms in total. The highest BCUT2D eigenvalue weighted by atomic mass is 16.5. The summed E-state index contributed by atoms with van der Waals surface area (Å²) in [5.41, 5.74) is 0.920. The van der Waals surface area contributed by atoms with Crippen LogP contribution in [0.1, 0.15) is 6.42 Å². The van der Waals surface area contributed by atoms with Gasteiger partial charge in [-0.2, -0.15) is 0 Å². The molecule has 0 aromatic carbocycles. The van der Waals surface area contributed by atoms with Gasteiger partial charge in [-0.3, -0.25) is 4.79 Å². The van der Waals surface area contributed by atoms with Crippen LogP contribution in [0.25, 0.3) is 10.9 Å². The van der Waals surface area contributed by atoms with Gasteiger partial charge in [0.15, 0.2) is 0 Å². The largest absolute Gasteiger partial charge is 0.385 e. The predicted molar refractivity (Wildman–Crippen MR) is 59.1 cm³/mol. The Labute approximate surface area is 87.5 Å². The third-order valence-corrected chi connectivity index (χ3v) is 2.42. The number of aromatic nitrogens is 2. The van der Waals surface area contributed by atoms with Crippen LogP contribution in [0.3, 0.4) is 0 Å². The molecule has 0 fully saturated rings. The molecule has 0 radical (unpaired) electrons. The molecule has 15 heavy (non-hydrogen) atoms. The molecule has 0 bridgehead atoms. The van der Waals surface area contributed by atoms with Gasteiger partial charge >= 0.3 is 0 Å². The van der Waals surface area contributed by atoms with Crippen LogP contribution in [-0.2, 0) is 11.3 Å². The first-order valence-electron chi connectivity index (χ1n) is 4.98. The highest BCUT2D eigenvalue weighted by Gasteiger charge is 2.00. The predicted octanol–water partition coefficient (Wildman–Crippen LogP) is 1.37. The van der Waals surface area contributed by atoms with Crippen molar-refractivity contribution in [3.05, 3.63) is 34.9 Å². The summed E-state index contributed by atoms with van der Waals surface area (Å²) in [6, 6.07) is 3.63. The second-order valence-corrected chi connectivity index (χ2v) is 3.49. The second kappa shape index (κ2) is 4.31. The van der Waals surface area contributed by atoms with E-state index in [9.17, 15) is 4.79 Å². The Bertz CT molecular complexity index is 499. The number of aromatic amines is 1. The van der Waals surface area contributed by atoms with E-state index in [2.05, 4.69) is 9.55 Å². The van der Waals surface area contributed by atoms with Gasteiger partial charge in [-0.1, -0.05) is 0 Å². The van der Waals surface area contributed by atoms with Crippen LogP contribution in [0.2, 0.25) is 0 Å². The van der Waals surface area contributed by atoms with Gasteiger partial charge in [-0.25, -0.2) is 0 Å². The van der Waals surface area contributed by atoms with E-state index in [4.69, 9.17) is 4.74 Å². The molecular weight excluding hydrogens is 192 g/mol. The lowest BCUT2D eigenvalue weighted by Gasteiger charge is -2.03. The Morgan fingerprint density at radius 3 is 3.20 bits per heavy atom. The Balaban J connectivity index is 2.27. The molecule has 0 aliphatic heterocycles. The van der Waals surface area contributed by atoms with Crippen LogP contribution in [0.4, 0.5) is 0 Å². The minimum atomic E-state index is -0.0609. The number of fused-ring (bicyclic) bond motifs is 1. The molecule has 2 aromatic rings. The van der Waals surface area contributed by atoms with Gasteiger partial charge in [-0.05, 0) is 12.5 Å². The fourth-order valence-electron chi connectivity index (χ4n) is 1.68. The summed E-state index contributed by atoms with van der Waals surface area (Å²) in [6.07, 6.45) is 4.69. The molecule has 0 aliphatic carbocycles. The first-order chi connectivity index (χ1) is 7.31. The van der Waals surface area contributed by atoms with E-state index in [1.165, 1.54) is 0 Å². The van der Waals surface area contributed by atoms with Crippen LogP contribution in [0.5, 0.6) is 0 Å². The van der Waals surface area contributed by atoms with Gasteiger partial charge in [0.25, 0.3) is 0 Å². The maximum atomic E-state index is 11.2. The van der Waals surface area contributed by atoms with Crippen LogP contribution in [0, 0.1) is 0 Å². The quantitative estimate of drug-likeness (QED) is 0.768. The van der Waals surface area contributed by atoms with Crippen molar-refractivity contribution in [3.63, 3.8) is 0 Å². The molecule has 2 heterocycles. The maximum Gasteiger partial charge on any atom is 0.250 e. The molecule has 0 aliphatic rings. The van der Waals surface area contributed by atoms with Crippen molar-refractivity contribution >= 4 is 10.9 Å². The van der Waals surface area contributed by atoms with E-state index in [1.807, 2.05) is 12.3 Å². The summed E-state index contributed by atoms with van der Waals surface area (Å²) >= 11 is 0. The maximum absolute atomic E-state index is 11.2. The zero-order valence-corrected chi connectivity index (χ0v) is 8.69. The third kappa shape index (κ3) is 2.10. The number of nitrogens with one attached hydrogen (secondary N) is 1. The van der Waals surface area contributed by atoms with Crippen molar-refractivity contribution in [1.82, 2.24) is 9.55 Å². The lowest BCUT2D eigenvalue weighted by atomic mass is 10.3. The van der Waals surface area contributed by atoms with Crippen LogP contribution < -0.4 is 5.56 Å². The number of hydrogen-bond donors (Lipinski definition) is 1. The molecule has 0 spiro atoms. The highest BCUT2D eigenvalue weighted by molar-refractivity contribution is 5.78. The van der Waals surface area contributed by atoms with Gasteiger partial charge in [0.2, 0.25) is 5.56 Å². The van der Waals surface area contributed by atoms with Crippen LogP contribution >= 0.6 is 0 Å². The van der Waals surface area contributed by atoms with Gasteiger partial charge in [-0.15, -0.1) is 0 Å². The number of nitrogens with zero attached hydrogens (tertiary/aromatic N) is 1. The minimum Gasteiger partial charge on any atom is -0.385 e. The summed E-state index contributed by atoms with van der Waals surface area (Å²) in [5.74, 6) is 0. The molecule has 0 amide bonds. The zero-order chi connectivity index (χ0) is 10.7. The molecule has 4 heteroatoms. The summed E-state index contributed by atoms with van der Waals surface area (Å²) in [7, 11) is 1.69. The van der Waals surface area contributed by atoms with Crippen molar-refractivity contribution in [3.8, 4) is 0 Å². The van der Waals surface area contributed by atoms with Gasteiger partial charge in [0.1, 0.15) is 0 Å². The lowest BCUT2D eigenvalue weighted by Crippen LogP contribution is -2.05. The first-order valence-corrected chi connectivity index (χ1v) is 4.98. The SMILES string of the molecule is COCCCn1ccc2c[nH]c(=O)cc21. The van der Waals surface area contributed by atoms with E-state index in [1.54, 1.807) is 19.4 Å². The number of methoxy groups -OCH3 is 1. The molecule has 0 saturated heterocycles. The van der Waals surface area contributed by atoms with Crippen molar-refractivity contribution < 1.29 is 4.74 Å². The van der Waals surface area contributed by atoms with Gasteiger partial charge < -0.3 is 14.3 Å². The average molecular weight is 206 g/mol. The van der Waals surface area contributed by atoms with Gasteiger partial charge in [0.05, 0.1) is 5.52 Å². The number of H-pyrrole nitrogens is 1. The summed E-state index contributed by atoms with van der Waals surface area (Å²) in [5, 5.41) is 1.06. The first kappa shape index (κ1) is 9.98. The number of aryl methyl sites for hydroxylation is 1. The third-order valence-electron chi connectivity index (χ3n) is 2.42. The number of pyridine rings is 1. The lowest BCUT2D eigenvalue weighted by molar-refractivity contribution is 0.190. The minimum absolute atomic E-state index is 0.0609. The standard InChI is InChI=1S/C11H14N2O2/c1-15-6-2-4-13-5-3-9-8-12-11(14)7-10(9)13/h3,5,7-8H,2,4,6H2,1H3,(H,12,14). The molecule has 0 saturated carbocycles. The smallest absolute Gasteiger partial charge is 0.250 e. The number of rotatable bonds is 4. The molecule has 2 aromatic heterocycles. The summed E-state index contributed by atoms with van der Waals surface area (Å²) < 4.78 is 7.07. The van der Waals surface area contributed by atoms with E-state index in [-0.39, 0.29) is 5.56 Å². The summed E-state index contributed by atoms with van der Waals surface area (Å²) in [4.78, 5) is 13.8. The van der Waals surface area contributed by atoms with Crippen molar-refractivity contribution in [2.75, 3.05) is 13.7 Å². The van der Waals surface area contributed by atoms with Crippen molar-refractivity contribution in [2.45, 2.75) is 13.0 Å². The highest BCUT2D eigenvalue weighted by Crippen LogP contribution is 2.12. The fourth-order valence-corrected chi connectivity index (χ4v) is 1.68. The monoisotopic (exact) mass is 206 g/mol. The van der Waals surface area contributed by atoms with E-state index >= 15 is 0 Å². The normalized spacial score (nSPS) is 11.0. The molecule has 2 rings (SSSR count). The van der Waals surface area contributed by atoms with Gasteiger partial charge in [0, 0.05) is 44.1 Å². The van der Waals surface area contributed by atoms with E-state index in [0.29, 0.717) is 0 Å². The van der Waals surface area contributed by atoms with Crippen LogP contribution in [-0.4, -0.2) is 23.3 Å². The molecule has 0 atom stereocenters. The van der Waals surface area contributed by atoms with Crippen LogP contribution in [0.15, 0.2) is 29.3 Å². The number of ether oxygens (including phenoxy) is 1. The zero-order valence-electron chi connectivity index (χ0n) is 8.69. The molecule has 80 valence electrons. The fraction of sp³-hybridized carbons (Fsp3) is 0.364. The Morgan fingerprint density at radius 2 is 2.40 bits per heavy atom.